The van der Waals surface area contributed by atoms with E-state index >= 15 is 0 Å². The maximum absolute atomic E-state index is 12.7. The van der Waals surface area contributed by atoms with Crippen LogP contribution in [-0.4, -0.2) is 25.3 Å². The highest BCUT2D eigenvalue weighted by Gasteiger charge is 2.64. The minimum atomic E-state index is -6.19. The van der Waals surface area contributed by atoms with Gasteiger partial charge in [0.1, 0.15) is 0 Å². The molecule has 0 bridgehead atoms. The average Bonchev–Trinajstić information content (AvgIpc) is 2.10. The zero-order valence-corrected chi connectivity index (χ0v) is 7.31. The molecule has 0 fully saturated rings. The van der Waals surface area contributed by atoms with E-state index in [0.29, 0.717) is 0 Å². The number of halogens is 9. The summed E-state index contributed by atoms with van der Waals surface area (Å²) in [5.41, 5.74) is 0. The third-order valence-electron chi connectivity index (χ3n) is 1.37. The van der Waals surface area contributed by atoms with Gasteiger partial charge in [-0.3, -0.25) is 0 Å². The van der Waals surface area contributed by atoms with Crippen LogP contribution in [0, 0.1) is 0 Å². The number of methoxy groups -OCH3 is 1. The summed E-state index contributed by atoms with van der Waals surface area (Å²) in [7, 11) is -0.0588. The van der Waals surface area contributed by atoms with Crippen LogP contribution in [0.2, 0.25) is 0 Å². The van der Waals surface area contributed by atoms with E-state index in [1.54, 1.807) is 0 Å². The zero-order chi connectivity index (χ0) is 13.4. The van der Waals surface area contributed by atoms with Crippen molar-refractivity contribution in [2.45, 2.75) is 18.2 Å². The Morgan fingerprint density at radius 3 is 1.38 bits per heavy atom. The molecule has 0 aromatic carbocycles. The maximum atomic E-state index is 12.7. The first-order chi connectivity index (χ1) is 6.88. The molecular weight excluding hydrogens is 259 g/mol. The Labute approximate surface area is 82.5 Å². The molecule has 0 spiro atoms. The van der Waals surface area contributed by atoms with Crippen LogP contribution in [0.4, 0.5) is 39.5 Å². The second kappa shape index (κ2) is 4.15. The molecule has 0 saturated heterocycles. The second-order valence-electron chi connectivity index (χ2n) is 2.42. The third-order valence-corrected chi connectivity index (χ3v) is 1.37. The van der Waals surface area contributed by atoms with Gasteiger partial charge in [-0.25, -0.2) is 4.39 Å². The lowest BCUT2D eigenvalue weighted by atomic mass is 10.2. The summed E-state index contributed by atoms with van der Waals surface area (Å²) in [6, 6.07) is 0. The molecule has 0 aromatic rings. The summed E-state index contributed by atoms with van der Waals surface area (Å²) in [5, 5.41) is 0. The first-order valence-electron chi connectivity index (χ1n) is 3.31. The molecule has 0 aliphatic rings. The molecule has 0 saturated carbocycles. The van der Waals surface area contributed by atoms with Gasteiger partial charge in [-0.1, -0.05) is 0 Å². The Kier molecular flexibility index (Phi) is 3.91. The molecule has 0 aliphatic carbocycles. The molecule has 0 aromatic heterocycles. The number of alkyl halides is 7. The van der Waals surface area contributed by atoms with E-state index in [2.05, 4.69) is 4.74 Å². The third kappa shape index (κ3) is 2.60. The van der Waals surface area contributed by atoms with Gasteiger partial charge >= 0.3 is 18.2 Å². The van der Waals surface area contributed by atoms with Crippen molar-refractivity contribution in [2.75, 3.05) is 7.11 Å². The van der Waals surface area contributed by atoms with Gasteiger partial charge in [-0.2, -0.15) is 35.1 Å². The molecule has 1 atom stereocenters. The summed E-state index contributed by atoms with van der Waals surface area (Å²) in [5.74, 6) is -13.0. The molecule has 16 heavy (non-hydrogen) atoms. The molecule has 1 unspecified atom stereocenters. The van der Waals surface area contributed by atoms with Gasteiger partial charge in [0.15, 0.2) is 0 Å². The van der Waals surface area contributed by atoms with Gasteiger partial charge in [-0.15, -0.1) is 0 Å². The van der Waals surface area contributed by atoms with Crippen LogP contribution >= 0.6 is 0 Å². The van der Waals surface area contributed by atoms with Crippen molar-refractivity contribution in [3.63, 3.8) is 0 Å². The quantitative estimate of drug-likeness (QED) is 0.691. The van der Waals surface area contributed by atoms with Crippen molar-refractivity contribution in [1.82, 2.24) is 0 Å². The van der Waals surface area contributed by atoms with Crippen LogP contribution in [0.1, 0.15) is 0 Å². The Bertz CT molecular complexity index is 287. The van der Waals surface area contributed by atoms with E-state index in [-0.39, 0.29) is 7.11 Å². The van der Waals surface area contributed by atoms with Crippen LogP contribution < -0.4 is 0 Å². The van der Waals surface area contributed by atoms with Crippen LogP contribution in [0.15, 0.2) is 11.7 Å². The van der Waals surface area contributed by atoms with Gasteiger partial charge in [0.25, 0.3) is 0 Å². The number of ether oxygens (including phenoxy) is 1. The summed E-state index contributed by atoms with van der Waals surface area (Å²) in [4.78, 5) is 0. The van der Waals surface area contributed by atoms with Crippen LogP contribution in [0.5, 0.6) is 0 Å². The van der Waals surface area contributed by atoms with Crippen molar-refractivity contribution >= 4 is 0 Å². The molecule has 0 radical (unpaired) electrons. The lowest BCUT2D eigenvalue weighted by molar-refractivity contribution is -0.314. The molecule has 1 nitrogen and oxygen atoms in total. The first kappa shape index (κ1) is 15.1. The predicted molar refractivity (Wildman–Crippen MR) is 32.2 cm³/mol. The zero-order valence-electron chi connectivity index (χ0n) is 7.31. The Balaban J connectivity index is 5.63. The number of allylic oxidation sites excluding steroid dienone is 1. The predicted octanol–water partition coefficient (Wildman–Crippen LogP) is 3.57. The molecule has 0 aliphatic heterocycles. The Morgan fingerprint density at radius 2 is 1.19 bits per heavy atom. The van der Waals surface area contributed by atoms with Crippen LogP contribution in [0.3, 0.4) is 0 Å². The van der Waals surface area contributed by atoms with E-state index < -0.39 is 29.9 Å². The molecule has 0 N–H and O–H groups in total. The molecule has 96 valence electrons. The fraction of sp³-hybridized carbons (Fsp3) is 0.667. The highest BCUT2D eigenvalue weighted by atomic mass is 19.4. The van der Waals surface area contributed by atoms with E-state index in [4.69, 9.17) is 0 Å². The van der Waals surface area contributed by atoms with Crippen molar-refractivity contribution in [1.29, 1.82) is 0 Å². The monoisotopic (exact) mass is 262 g/mol. The number of hydrogen-bond donors (Lipinski definition) is 0. The van der Waals surface area contributed by atoms with Crippen molar-refractivity contribution < 1.29 is 44.3 Å². The summed E-state index contributed by atoms with van der Waals surface area (Å²) in [6.45, 7) is 0. The topological polar surface area (TPSA) is 9.23 Å². The molecule has 0 heterocycles. The van der Waals surface area contributed by atoms with Crippen LogP contribution in [0.25, 0.3) is 0 Å². The maximum Gasteiger partial charge on any atom is 0.455 e. The smallest absolute Gasteiger partial charge is 0.337 e. The van der Waals surface area contributed by atoms with Crippen LogP contribution in [-0.2, 0) is 4.74 Å². The lowest BCUT2D eigenvalue weighted by Crippen LogP contribution is -2.44. The number of rotatable bonds is 2. The van der Waals surface area contributed by atoms with E-state index in [1.165, 1.54) is 0 Å². The molecule has 10 heteroatoms. The van der Waals surface area contributed by atoms with E-state index in [1.807, 2.05) is 0 Å². The van der Waals surface area contributed by atoms with Gasteiger partial charge in [0.05, 0.1) is 0 Å². The second-order valence-corrected chi connectivity index (χ2v) is 2.42. The van der Waals surface area contributed by atoms with E-state index in [0.717, 1.165) is 0 Å². The van der Waals surface area contributed by atoms with Gasteiger partial charge in [-0.05, 0) is 0 Å². The minimum absolute atomic E-state index is 0.0588. The lowest BCUT2D eigenvalue weighted by Gasteiger charge is -2.24. The van der Waals surface area contributed by atoms with E-state index in [9.17, 15) is 39.5 Å². The highest BCUT2D eigenvalue weighted by molar-refractivity contribution is 5.16. The summed E-state index contributed by atoms with van der Waals surface area (Å²) < 4.78 is 110. The van der Waals surface area contributed by atoms with Crippen molar-refractivity contribution in [2.24, 2.45) is 0 Å². The van der Waals surface area contributed by atoms with Gasteiger partial charge in [0, 0.05) is 7.11 Å². The highest BCUT2D eigenvalue weighted by Crippen LogP contribution is 2.45. The normalized spacial score (nSPS) is 19.1. The molecular formula is C6H3F9O. The minimum Gasteiger partial charge on any atom is -0.337 e. The van der Waals surface area contributed by atoms with Crippen molar-refractivity contribution in [3.05, 3.63) is 11.7 Å². The Hall–Kier alpha value is -0.930. The SMILES string of the molecule is COC(F)(/C(F)=C(\F)C(F)(F)F)C(F)(F)F. The van der Waals surface area contributed by atoms with Crippen molar-refractivity contribution in [3.8, 4) is 0 Å². The number of hydrogen-bond acceptors (Lipinski definition) is 1. The largest absolute Gasteiger partial charge is 0.455 e. The van der Waals surface area contributed by atoms with Gasteiger partial charge < -0.3 is 4.74 Å². The average molecular weight is 262 g/mol. The molecule has 0 rings (SSSR count). The fourth-order valence-corrected chi connectivity index (χ4v) is 0.595. The van der Waals surface area contributed by atoms with Gasteiger partial charge in [0.2, 0.25) is 11.7 Å². The first-order valence-corrected chi connectivity index (χ1v) is 3.31. The summed E-state index contributed by atoms with van der Waals surface area (Å²) in [6.07, 6.45) is -12.3. The standard InChI is InChI=1S/C6H3F9O/c1-16-4(9,6(13,14)15)2(7)3(8)5(10,11)12/h1H3/b3-2+. The summed E-state index contributed by atoms with van der Waals surface area (Å²) >= 11 is 0. The molecule has 0 amide bonds. The fourth-order valence-electron chi connectivity index (χ4n) is 0.595. The Morgan fingerprint density at radius 1 is 0.812 bits per heavy atom.